The summed E-state index contributed by atoms with van der Waals surface area (Å²) in [7, 11) is 0. The maximum atomic E-state index is 12.2. The minimum Gasteiger partial charge on any atom is -0.355 e. The van der Waals surface area contributed by atoms with Gasteiger partial charge < -0.3 is 16.4 Å². The average molecular weight is 255 g/mol. The van der Waals surface area contributed by atoms with E-state index in [2.05, 4.69) is 17.6 Å². The normalized spacial score (nSPS) is 27.6. The van der Waals surface area contributed by atoms with Crippen LogP contribution in [0.5, 0.6) is 0 Å². The van der Waals surface area contributed by atoms with E-state index in [0.29, 0.717) is 25.6 Å². The van der Waals surface area contributed by atoms with Crippen molar-refractivity contribution in [3.05, 3.63) is 0 Å². The number of rotatable bonds is 5. The van der Waals surface area contributed by atoms with Crippen LogP contribution in [0.15, 0.2) is 0 Å². The predicted octanol–water partition coefficient (Wildman–Crippen LogP) is 0.394. The Morgan fingerprint density at radius 1 is 1.22 bits per heavy atom. The predicted molar refractivity (Wildman–Crippen MR) is 70.8 cm³/mol. The van der Waals surface area contributed by atoms with Gasteiger partial charge in [0.05, 0.1) is 5.41 Å². The summed E-state index contributed by atoms with van der Waals surface area (Å²) >= 11 is 0. The number of hydrogen-bond donors (Lipinski definition) is 3. The third-order valence-electron chi connectivity index (χ3n) is 3.89. The van der Waals surface area contributed by atoms with E-state index in [-0.39, 0.29) is 17.2 Å². The molecule has 0 aliphatic heterocycles. The van der Waals surface area contributed by atoms with E-state index in [1.165, 1.54) is 6.92 Å². The Labute approximate surface area is 109 Å². The summed E-state index contributed by atoms with van der Waals surface area (Å²) in [6.45, 7) is 5.03. The van der Waals surface area contributed by atoms with Gasteiger partial charge in [0.25, 0.3) is 0 Å². The first-order valence-electron chi connectivity index (χ1n) is 6.73. The van der Waals surface area contributed by atoms with Crippen LogP contribution in [0.25, 0.3) is 0 Å². The smallest absolute Gasteiger partial charge is 0.227 e. The van der Waals surface area contributed by atoms with Gasteiger partial charge in [-0.25, -0.2) is 0 Å². The van der Waals surface area contributed by atoms with Crippen molar-refractivity contribution in [3.63, 3.8) is 0 Å². The molecule has 104 valence electrons. The van der Waals surface area contributed by atoms with Crippen molar-refractivity contribution >= 4 is 11.8 Å². The number of carbonyl (C=O) groups excluding carboxylic acids is 2. The lowest BCUT2D eigenvalue weighted by atomic mass is 9.70. The summed E-state index contributed by atoms with van der Waals surface area (Å²) in [6.07, 6.45) is 3.87. The van der Waals surface area contributed by atoms with Crippen LogP contribution in [0.1, 0.15) is 39.5 Å². The molecule has 5 nitrogen and oxygen atoms in total. The van der Waals surface area contributed by atoms with Crippen molar-refractivity contribution in [1.29, 1.82) is 0 Å². The Morgan fingerprint density at radius 3 is 2.28 bits per heavy atom. The largest absolute Gasteiger partial charge is 0.355 e. The van der Waals surface area contributed by atoms with Gasteiger partial charge in [0.1, 0.15) is 0 Å². The van der Waals surface area contributed by atoms with Gasteiger partial charge in [-0.15, -0.1) is 0 Å². The van der Waals surface area contributed by atoms with Crippen molar-refractivity contribution in [2.75, 3.05) is 19.6 Å². The van der Waals surface area contributed by atoms with Crippen molar-refractivity contribution in [1.82, 2.24) is 10.6 Å². The van der Waals surface area contributed by atoms with Crippen LogP contribution in [0.4, 0.5) is 0 Å². The lowest BCUT2D eigenvalue weighted by Gasteiger charge is -2.37. The minimum absolute atomic E-state index is 0.0438. The van der Waals surface area contributed by atoms with Gasteiger partial charge in [-0.05, 0) is 31.6 Å². The Morgan fingerprint density at radius 2 is 1.78 bits per heavy atom. The molecule has 5 heteroatoms. The van der Waals surface area contributed by atoms with Crippen LogP contribution < -0.4 is 16.4 Å². The molecular formula is C13H25N3O2. The molecule has 0 bridgehead atoms. The van der Waals surface area contributed by atoms with E-state index in [9.17, 15) is 9.59 Å². The molecule has 0 atom stereocenters. The van der Waals surface area contributed by atoms with Crippen LogP contribution in [-0.2, 0) is 9.59 Å². The number of carbonyl (C=O) groups is 2. The maximum absolute atomic E-state index is 12.2. The first kappa shape index (κ1) is 15.0. The Hall–Kier alpha value is -1.10. The SMILES string of the molecule is CC(=O)NCCNC(=O)C1(CN)CCC(C)CC1. The number of nitrogens with two attached hydrogens (primary N) is 1. The van der Waals surface area contributed by atoms with Gasteiger partial charge in [-0.1, -0.05) is 6.92 Å². The zero-order chi connectivity index (χ0) is 13.6. The van der Waals surface area contributed by atoms with Crippen molar-refractivity contribution in [3.8, 4) is 0 Å². The van der Waals surface area contributed by atoms with Gasteiger partial charge in [0, 0.05) is 26.6 Å². The first-order valence-corrected chi connectivity index (χ1v) is 6.73. The van der Waals surface area contributed by atoms with Crippen LogP contribution in [-0.4, -0.2) is 31.4 Å². The lowest BCUT2D eigenvalue weighted by molar-refractivity contribution is -0.133. The molecule has 1 rings (SSSR count). The van der Waals surface area contributed by atoms with E-state index in [0.717, 1.165) is 25.7 Å². The van der Waals surface area contributed by atoms with Crippen molar-refractivity contribution in [2.45, 2.75) is 39.5 Å². The topological polar surface area (TPSA) is 84.2 Å². The fourth-order valence-corrected chi connectivity index (χ4v) is 2.44. The zero-order valence-corrected chi connectivity index (χ0v) is 11.4. The van der Waals surface area contributed by atoms with E-state index < -0.39 is 0 Å². The lowest BCUT2D eigenvalue weighted by Crippen LogP contribution is -2.49. The zero-order valence-electron chi connectivity index (χ0n) is 11.4. The highest BCUT2D eigenvalue weighted by atomic mass is 16.2. The summed E-state index contributed by atoms with van der Waals surface area (Å²) in [6, 6.07) is 0. The maximum Gasteiger partial charge on any atom is 0.227 e. The van der Waals surface area contributed by atoms with Crippen LogP contribution in [0, 0.1) is 11.3 Å². The second-order valence-corrected chi connectivity index (χ2v) is 5.41. The Bertz CT molecular complexity index is 297. The molecule has 0 heterocycles. The molecule has 0 aromatic heterocycles. The summed E-state index contributed by atoms with van der Waals surface area (Å²) in [5, 5.41) is 5.54. The average Bonchev–Trinajstić information content (AvgIpc) is 2.35. The van der Waals surface area contributed by atoms with Crippen LogP contribution >= 0.6 is 0 Å². The molecule has 18 heavy (non-hydrogen) atoms. The molecule has 1 saturated carbocycles. The molecule has 0 radical (unpaired) electrons. The summed E-state index contributed by atoms with van der Waals surface area (Å²) in [5.74, 6) is 0.656. The molecule has 0 aromatic rings. The van der Waals surface area contributed by atoms with E-state index in [1.807, 2.05) is 0 Å². The second-order valence-electron chi connectivity index (χ2n) is 5.41. The molecule has 2 amide bonds. The van der Waals surface area contributed by atoms with Gasteiger partial charge in [0.2, 0.25) is 11.8 Å². The molecule has 1 aliphatic carbocycles. The molecule has 4 N–H and O–H groups in total. The molecule has 0 saturated heterocycles. The van der Waals surface area contributed by atoms with Crippen LogP contribution in [0.2, 0.25) is 0 Å². The number of nitrogens with one attached hydrogen (secondary N) is 2. The number of amides is 2. The third kappa shape index (κ3) is 3.98. The Balaban J connectivity index is 2.40. The second kappa shape index (κ2) is 6.73. The van der Waals surface area contributed by atoms with Gasteiger partial charge in [0.15, 0.2) is 0 Å². The van der Waals surface area contributed by atoms with E-state index in [1.54, 1.807) is 0 Å². The van der Waals surface area contributed by atoms with E-state index in [4.69, 9.17) is 5.73 Å². The highest BCUT2D eigenvalue weighted by Crippen LogP contribution is 2.38. The quantitative estimate of drug-likeness (QED) is 0.621. The fraction of sp³-hybridized carbons (Fsp3) is 0.846. The molecule has 0 unspecified atom stereocenters. The standard InChI is InChI=1S/C13H25N3O2/c1-10-3-5-13(9-14,6-4-10)12(18)16-8-7-15-11(2)17/h10H,3-9,14H2,1-2H3,(H,15,17)(H,16,18). The third-order valence-corrected chi connectivity index (χ3v) is 3.89. The Kier molecular flexibility index (Phi) is 5.59. The first-order chi connectivity index (χ1) is 8.50. The van der Waals surface area contributed by atoms with Gasteiger partial charge in [-0.2, -0.15) is 0 Å². The summed E-state index contributed by atoms with van der Waals surface area (Å²) < 4.78 is 0. The fourth-order valence-electron chi connectivity index (χ4n) is 2.44. The molecule has 1 aliphatic rings. The summed E-state index contributed by atoms with van der Waals surface area (Å²) in [5.41, 5.74) is 5.42. The molecular weight excluding hydrogens is 230 g/mol. The summed E-state index contributed by atoms with van der Waals surface area (Å²) in [4.78, 5) is 22.9. The molecule has 1 fully saturated rings. The highest BCUT2D eigenvalue weighted by molar-refractivity contribution is 5.83. The van der Waals surface area contributed by atoms with Crippen molar-refractivity contribution < 1.29 is 9.59 Å². The van der Waals surface area contributed by atoms with Gasteiger partial charge >= 0.3 is 0 Å². The van der Waals surface area contributed by atoms with Crippen LogP contribution in [0.3, 0.4) is 0 Å². The highest BCUT2D eigenvalue weighted by Gasteiger charge is 2.39. The molecule has 0 spiro atoms. The van der Waals surface area contributed by atoms with Crippen molar-refractivity contribution in [2.24, 2.45) is 17.1 Å². The monoisotopic (exact) mass is 255 g/mol. The van der Waals surface area contributed by atoms with E-state index >= 15 is 0 Å². The van der Waals surface area contributed by atoms with Gasteiger partial charge in [-0.3, -0.25) is 9.59 Å². The minimum atomic E-state index is -0.386. The number of hydrogen-bond acceptors (Lipinski definition) is 3. The molecule has 0 aromatic carbocycles.